The summed E-state index contributed by atoms with van der Waals surface area (Å²) in [6.07, 6.45) is 0. The van der Waals surface area contributed by atoms with Crippen molar-refractivity contribution in [2.75, 3.05) is 10.6 Å². The molecule has 0 saturated carbocycles. The standard InChI is InChI=1S/C16H10Cl5N3O2/c17-9-5-1-3-7-11(9)22-16(14(24(25)26)13(19)15(20)21)23-12-8-4-2-6-10(12)18/h1-8,22-23H. The summed E-state index contributed by atoms with van der Waals surface area (Å²) < 4.78 is -0.460. The number of allylic oxidation sites excluding steroid dienone is 1. The summed E-state index contributed by atoms with van der Waals surface area (Å²) in [5, 5.41) is 17.5. The summed E-state index contributed by atoms with van der Waals surface area (Å²) >= 11 is 29.5. The first-order chi connectivity index (χ1) is 12.3. The largest absolute Gasteiger partial charge is 0.335 e. The Balaban J connectivity index is 2.62. The molecule has 0 saturated heterocycles. The van der Waals surface area contributed by atoms with E-state index in [2.05, 4.69) is 10.6 Å². The van der Waals surface area contributed by atoms with E-state index >= 15 is 0 Å². The number of anilines is 2. The maximum absolute atomic E-state index is 11.6. The highest BCUT2D eigenvalue weighted by atomic mass is 35.5. The number of nitrogens with one attached hydrogen (secondary N) is 2. The SMILES string of the molecule is O=[N+]([O-])C(=C(Nc1ccccc1Cl)Nc1ccccc1Cl)C(Cl)=C(Cl)Cl. The smallest absolute Gasteiger partial charge is 0.330 e. The van der Waals surface area contributed by atoms with E-state index in [4.69, 9.17) is 58.0 Å². The van der Waals surface area contributed by atoms with Crippen molar-refractivity contribution in [3.05, 3.63) is 89.7 Å². The lowest BCUT2D eigenvalue weighted by molar-refractivity contribution is -0.420. The van der Waals surface area contributed by atoms with Crippen LogP contribution in [0.1, 0.15) is 0 Å². The highest BCUT2D eigenvalue weighted by molar-refractivity contribution is 6.59. The molecule has 0 aliphatic carbocycles. The molecule has 0 amide bonds. The maximum atomic E-state index is 11.6. The number of nitrogens with zero attached hydrogens (tertiary/aromatic N) is 1. The number of halogens is 5. The van der Waals surface area contributed by atoms with Crippen molar-refractivity contribution in [2.45, 2.75) is 0 Å². The first kappa shape index (κ1) is 20.7. The lowest BCUT2D eigenvalue weighted by atomic mass is 10.3. The molecule has 0 fully saturated rings. The Morgan fingerprint density at radius 3 is 1.62 bits per heavy atom. The molecule has 0 aliphatic rings. The number of hydrogen-bond donors (Lipinski definition) is 2. The average molecular weight is 454 g/mol. The number of para-hydroxylation sites is 2. The molecule has 5 nitrogen and oxygen atoms in total. The van der Waals surface area contributed by atoms with E-state index in [-0.39, 0.29) is 5.82 Å². The van der Waals surface area contributed by atoms with E-state index in [1.807, 2.05) is 0 Å². The van der Waals surface area contributed by atoms with Crippen molar-refractivity contribution in [3.8, 4) is 0 Å². The molecular formula is C16H10Cl5N3O2. The van der Waals surface area contributed by atoms with Gasteiger partial charge >= 0.3 is 5.70 Å². The van der Waals surface area contributed by atoms with Gasteiger partial charge in [0.2, 0.25) is 0 Å². The van der Waals surface area contributed by atoms with Crippen molar-refractivity contribution < 1.29 is 4.92 Å². The van der Waals surface area contributed by atoms with Crippen LogP contribution in [-0.2, 0) is 0 Å². The molecule has 2 N–H and O–H groups in total. The molecule has 26 heavy (non-hydrogen) atoms. The van der Waals surface area contributed by atoms with Gasteiger partial charge in [-0.05, 0) is 24.3 Å². The zero-order valence-corrected chi connectivity index (χ0v) is 16.6. The van der Waals surface area contributed by atoms with Crippen LogP contribution in [0.3, 0.4) is 0 Å². The van der Waals surface area contributed by atoms with Crippen molar-refractivity contribution in [3.63, 3.8) is 0 Å². The highest BCUT2D eigenvalue weighted by Gasteiger charge is 2.26. The Labute approximate surface area is 174 Å². The predicted octanol–water partition coefficient (Wildman–Crippen LogP) is 6.85. The van der Waals surface area contributed by atoms with Gasteiger partial charge in [-0.3, -0.25) is 10.1 Å². The molecule has 0 unspecified atom stereocenters. The monoisotopic (exact) mass is 451 g/mol. The van der Waals surface area contributed by atoms with Gasteiger partial charge in [0.05, 0.1) is 26.3 Å². The third-order valence-corrected chi connectivity index (χ3v) is 4.66. The topological polar surface area (TPSA) is 67.2 Å². The molecule has 0 aromatic heterocycles. The number of benzene rings is 2. The lowest BCUT2D eigenvalue weighted by Gasteiger charge is -2.16. The molecule has 10 heteroatoms. The van der Waals surface area contributed by atoms with Crippen molar-refractivity contribution in [2.24, 2.45) is 0 Å². The highest BCUT2D eigenvalue weighted by Crippen LogP contribution is 2.32. The first-order valence-corrected chi connectivity index (χ1v) is 8.83. The maximum Gasteiger partial charge on any atom is 0.330 e. The van der Waals surface area contributed by atoms with Crippen LogP contribution in [-0.4, -0.2) is 4.92 Å². The molecule has 0 radical (unpaired) electrons. The Morgan fingerprint density at radius 2 is 1.27 bits per heavy atom. The Morgan fingerprint density at radius 1 is 0.846 bits per heavy atom. The van der Waals surface area contributed by atoms with Crippen LogP contribution in [0.15, 0.2) is 69.6 Å². The molecule has 0 atom stereocenters. The van der Waals surface area contributed by atoms with Gasteiger partial charge in [0.1, 0.15) is 4.49 Å². The Bertz CT molecular complexity index is 845. The summed E-state index contributed by atoms with van der Waals surface area (Å²) in [5.41, 5.74) is 0.225. The van der Waals surface area contributed by atoms with Gasteiger partial charge in [-0.2, -0.15) is 0 Å². The molecule has 0 heterocycles. The van der Waals surface area contributed by atoms with Crippen LogP contribution in [0.5, 0.6) is 0 Å². The van der Waals surface area contributed by atoms with E-state index in [9.17, 15) is 10.1 Å². The minimum absolute atomic E-state index is 0.111. The summed E-state index contributed by atoms with van der Waals surface area (Å²) in [7, 11) is 0. The van der Waals surface area contributed by atoms with Gasteiger partial charge in [0.15, 0.2) is 10.9 Å². The van der Waals surface area contributed by atoms with Crippen LogP contribution in [0.4, 0.5) is 11.4 Å². The van der Waals surface area contributed by atoms with Crippen molar-refractivity contribution in [1.29, 1.82) is 0 Å². The van der Waals surface area contributed by atoms with Crippen LogP contribution >= 0.6 is 58.0 Å². The van der Waals surface area contributed by atoms with Crippen LogP contribution < -0.4 is 10.6 Å². The van der Waals surface area contributed by atoms with Crippen molar-refractivity contribution in [1.82, 2.24) is 0 Å². The van der Waals surface area contributed by atoms with Crippen LogP contribution in [0.25, 0.3) is 0 Å². The summed E-state index contributed by atoms with van der Waals surface area (Å²) in [4.78, 5) is 10.9. The fourth-order valence-electron chi connectivity index (χ4n) is 1.91. The summed E-state index contributed by atoms with van der Waals surface area (Å²) in [6, 6.07) is 13.4. The molecule has 2 rings (SSSR count). The minimum atomic E-state index is -0.726. The number of rotatable bonds is 6. The molecule has 0 bridgehead atoms. The Hall–Kier alpha value is -1.63. The third-order valence-electron chi connectivity index (χ3n) is 3.06. The van der Waals surface area contributed by atoms with Crippen LogP contribution in [0, 0.1) is 10.1 Å². The molecule has 2 aromatic carbocycles. The van der Waals surface area contributed by atoms with Gasteiger partial charge < -0.3 is 10.6 Å². The van der Waals surface area contributed by atoms with Crippen molar-refractivity contribution >= 4 is 69.4 Å². The number of nitro groups is 1. The molecule has 0 aliphatic heterocycles. The van der Waals surface area contributed by atoms with Gasteiger partial charge in [-0.1, -0.05) is 82.3 Å². The summed E-state index contributed by atoms with van der Waals surface area (Å²) in [6.45, 7) is 0. The summed E-state index contributed by atoms with van der Waals surface area (Å²) in [5.74, 6) is -0.111. The lowest BCUT2D eigenvalue weighted by Crippen LogP contribution is -2.18. The zero-order chi connectivity index (χ0) is 19.3. The number of hydrogen-bond acceptors (Lipinski definition) is 4. The molecular weight excluding hydrogens is 443 g/mol. The molecule has 0 spiro atoms. The van der Waals surface area contributed by atoms with E-state index in [1.165, 1.54) is 0 Å². The minimum Gasteiger partial charge on any atom is -0.335 e. The van der Waals surface area contributed by atoms with E-state index in [1.54, 1.807) is 48.5 Å². The van der Waals surface area contributed by atoms with Gasteiger partial charge in [0, 0.05) is 0 Å². The Kier molecular flexibility index (Phi) is 7.43. The van der Waals surface area contributed by atoms with E-state index < -0.39 is 20.1 Å². The fourth-order valence-corrected chi connectivity index (χ4v) is 2.62. The molecule has 136 valence electrons. The molecule has 2 aromatic rings. The van der Waals surface area contributed by atoms with Crippen LogP contribution in [0.2, 0.25) is 10.0 Å². The first-order valence-electron chi connectivity index (χ1n) is 6.94. The van der Waals surface area contributed by atoms with Gasteiger partial charge in [0.25, 0.3) is 0 Å². The second-order valence-electron chi connectivity index (χ2n) is 4.76. The zero-order valence-electron chi connectivity index (χ0n) is 12.8. The third kappa shape index (κ3) is 5.19. The van der Waals surface area contributed by atoms with E-state index in [0.717, 1.165) is 0 Å². The average Bonchev–Trinajstić information content (AvgIpc) is 2.58. The fraction of sp³-hybridized carbons (Fsp3) is 0. The quantitative estimate of drug-likeness (QED) is 0.285. The van der Waals surface area contributed by atoms with Gasteiger partial charge in [-0.25, -0.2) is 0 Å². The van der Waals surface area contributed by atoms with Gasteiger partial charge in [-0.15, -0.1) is 0 Å². The predicted molar refractivity (Wildman–Crippen MR) is 109 cm³/mol. The normalized spacial score (nSPS) is 10.0. The second-order valence-corrected chi connectivity index (χ2v) is 6.91. The van der Waals surface area contributed by atoms with E-state index in [0.29, 0.717) is 21.4 Å². The second kappa shape index (κ2) is 9.35.